The molecule has 0 saturated carbocycles. The van der Waals surface area contributed by atoms with E-state index in [0.29, 0.717) is 12.5 Å². The van der Waals surface area contributed by atoms with Crippen molar-refractivity contribution in [2.75, 3.05) is 18.7 Å². The van der Waals surface area contributed by atoms with Gasteiger partial charge in [-0.25, -0.2) is 4.99 Å². The van der Waals surface area contributed by atoms with Crippen LogP contribution in [0.25, 0.3) is 0 Å². The molecule has 4 nitrogen and oxygen atoms in total. The minimum Gasteiger partial charge on any atom is -0.495 e. The van der Waals surface area contributed by atoms with Crippen molar-refractivity contribution in [2.24, 2.45) is 10.7 Å². The zero-order valence-electron chi connectivity index (χ0n) is 13.5. The van der Waals surface area contributed by atoms with Gasteiger partial charge in [-0.1, -0.05) is 24.3 Å². The van der Waals surface area contributed by atoms with Gasteiger partial charge in [-0.2, -0.15) is 0 Å². The van der Waals surface area contributed by atoms with Crippen LogP contribution in [-0.4, -0.2) is 19.3 Å². The van der Waals surface area contributed by atoms with Crippen molar-refractivity contribution < 1.29 is 4.74 Å². The molecule has 124 valence electrons. The fourth-order valence-corrected chi connectivity index (χ4v) is 2.78. The molecule has 0 heterocycles. The summed E-state index contributed by atoms with van der Waals surface area (Å²) in [5, 5.41) is 3.08. The highest BCUT2D eigenvalue weighted by Crippen LogP contribution is 2.24. The number of nitrogens with one attached hydrogen (secondary N) is 1. The summed E-state index contributed by atoms with van der Waals surface area (Å²) in [5.41, 5.74) is 9.20. The first-order chi connectivity index (χ1) is 10.6. The Labute approximate surface area is 158 Å². The lowest BCUT2D eigenvalue weighted by molar-refractivity contribution is 0.417. The number of aliphatic imine (C=N–C) groups is 1. The van der Waals surface area contributed by atoms with Gasteiger partial charge in [0, 0.05) is 4.90 Å². The fraction of sp³-hybridized carbons (Fsp3) is 0.235. The Morgan fingerprint density at radius 3 is 2.70 bits per heavy atom. The normalized spacial score (nSPS) is 10.8. The summed E-state index contributed by atoms with van der Waals surface area (Å²) in [4.78, 5) is 5.65. The molecule has 0 aromatic heterocycles. The zero-order chi connectivity index (χ0) is 15.9. The summed E-state index contributed by atoms with van der Waals surface area (Å²) in [6, 6.07) is 14.0. The van der Waals surface area contributed by atoms with Crippen LogP contribution in [0.4, 0.5) is 5.69 Å². The molecule has 0 amide bonds. The molecule has 6 heteroatoms. The van der Waals surface area contributed by atoms with Crippen LogP contribution < -0.4 is 15.8 Å². The van der Waals surface area contributed by atoms with Crippen molar-refractivity contribution in [1.82, 2.24) is 0 Å². The molecular weight excluding hydrogens is 421 g/mol. The van der Waals surface area contributed by atoms with Crippen molar-refractivity contribution >= 4 is 47.4 Å². The Balaban J connectivity index is 0.00000264. The van der Waals surface area contributed by atoms with Gasteiger partial charge in [-0.3, -0.25) is 0 Å². The number of nitrogens with two attached hydrogens (primary N) is 1. The van der Waals surface area contributed by atoms with E-state index in [-0.39, 0.29) is 24.0 Å². The summed E-state index contributed by atoms with van der Waals surface area (Å²) in [7, 11) is 1.63. The number of hydrogen-bond donors (Lipinski definition) is 2. The maximum Gasteiger partial charge on any atom is 0.193 e. The summed E-state index contributed by atoms with van der Waals surface area (Å²) in [6.07, 6.45) is 2.07. The molecule has 0 aliphatic rings. The number of methoxy groups -OCH3 is 1. The van der Waals surface area contributed by atoms with Crippen molar-refractivity contribution in [2.45, 2.75) is 18.4 Å². The highest BCUT2D eigenvalue weighted by Gasteiger charge is 2.04. The first-order valence-corrected chi connectivity index (χ1v) is 8.20. The van der Waals surface area contributed by atoms with E-state index in [1.54, 1.807) is 18.9 Å². The second-order valence-corrected chi connectivity index (χ2v) is 5.69. The average Bonchev–Trinajstić information content (AvgIpc) is 2.54. The van der Waals surface area contributed by atoms with Crippen LogP contribution in [0.1, 0.15) is 11.1 Å². The number of halogens is 1. The van der Waals surface area contributed by atoms with E-state index in [0.717, 1.165) is 11.4 Å². The lowest BCUT2D eigenvalue weighted by Crippen LogP contribution is -2.23. The molecule has 0 spiro atoms. The number of benzene rings is 2. The Kier molecular flexibility index (Phi) is 8.25. The minimum absolute atomic E-state index is 0. The Morgan fingerprint density at radius 1 is 1.26 bits per heavy atom. The van der Waals surface area contributed by atoms with Crippen molar-refractivity contribution in [3.8, 4) is 5.75 Å². The molecule has 23 heavy (non-hydrogen) atoms. The predicted octanol–water partition coefficient (Wildman–Crippen LogP) is 4.27. The van der Waals surface area contributed by atoms with Crippen LogP contribution in [0.5, 0.6) is 5.75 Å². The highest BCUT2D eigenvalue weighted by molar-refractivity contribution is 14.0. The number of hydrogen-bond acceptors (Lipinski definition) is 3. The van der Waals surface area contributed by atoms with Gasteiger partial charge in [0.05, 0.1) is 19.3 Å². The number of guanidine groups is 1. The van der Waals surface area contributed by atoms with Crippen LogP contribution in [0.15, 0.2) is 52.4 Å². The van der Waals surface area contributed by atoms with Crippen molar-refractivity contribution in [1.29, 1.82) is 0 Å². The molecule has 0 bridgehead atoms. The second kappa shape index (κ2) is 9.67. The number of nitrogens with zero attached hydrogens (tertiary/aromatic N) is 1. The van der Waals surface area contributed by atoms with Crippen LogP contribution >= 0.6 is 35.7 Å². The van der Waals surface area contributed by atoms with E-state index < -0.39 is 0 Å². The number of rotatable bonds is 5. The fourth-order valence-electron chi connectivity index (χ4n) is 2.08. The van der Waals surface area contributed by atoms with Crippen molar-refractivity contribution in [3.63, 3.8) is 0 Å². The van der Waals surface area contributed by atoms with E-state index >= 15 is 0 Å². The molecule has 0 fully saturated rings. The quantitative estimate of drug-likeness (QED) is 0.314. The number of aryl methyl sites for hydroxylation is 1. The van der Waals surface area contributed by atoms with E-state index in [1.807, 2.05) is 24.3 Å². The van der Waals surface area contributed by atoms with Gasteiger partial charge in [0.25, 0.3) is 0 Å². The monoisotopic (exact) mass is 443 g/mol. The van der Waals surface area contributed by atoms with Gasteiger partial charge in [0.2, 0.25) is 0 Å². The first-order valence-electron chi connectivity index (χ1n) is 6.97. The second-order valence-electron chi connectivity index (χ2n) is 4.84. The lowest BCUT2D eigenvalue weighted by Gasteiger charge is -2.11. The molecule has 2 aromatic carbocycles. The molecule has 0 unspecified atom stereocenters. The number of para-hydroxylation sites is 2. The molecule has 2 aromatic rings. The minimum atomic E-state index is 0. The summed E-state index contributed by atoms with van der Waals surface area (Å²) >= 11 is 1.72. The highest BCUT2D eigenvalue weighted by atomic mass is 127. The van der Waals surface area contributed by atoms with Crippen LogP contribution in [0.3, 0.4) is 0 Å². The molecule has 0 aliphatic carbocycles. The van der Waals surface area contributed by atoms with Gasteiger partial charge in [-0.15, -0.1) is 35.7 Å². The number of ether oxygens (including phenoxy) is 1. The van der Waals surface area contributed by atoms with E-state index in [4.69, 9.17) is 10.5 Å². The van der Waals surface area contributed by atoms with Gasteiger partial charge in [-0.05, 0) is 42.5 Å². The molecule has 0 saturated heterocycles. The SMILES string of the molecule is COc1ccccc1NC(N)=NCc1ccc(C)cc1SC.I. The van der Waals surface area contributed by atoms with Crippen LogP contribution in [0.2, 0.25) is 0 Å². The summed E-state index contributed by atoms with van der Waals surface area (Å²) in [5.74, 6) is 1.11. The number of anilines is 1. The zero-order valence-corrected chi connectivity index (χ0v) is 16.6. The predicted molar refractivity (Wildman–Crippen MR) is 110 cm³/mol. The molecular formula is C17H22IN3OS. The first kappa shape index (κ1) is 19.6. The van der Waals surface area contributed by atoms with Crippen molar-refractivity contribution in [3.05, 3.63) is 53.6 Å². The molecule has 0 atom stereocenters. The number of thioether (sulfide) groups is 1. The summed E-state index contributed by atoms with van der Waals surface area (Å²) in [6.45, 7) is 2.63. The third kappa shape index (κ3) is 5.62. The van der Waals surface area contributed by atoms with E-state index in [2.05, 4.69) is 41.7 Å². The lowest BCUT2D eigenvalue weighted by atomic mass is 10.1. The molecule has 3 N–H and O–H groups in total. The van der Waals surface area contributed by atoms with Crippen LogP contribution in [0, 0.1) is 6.92 Å². The maximum absolute atomic E-state index is 5.98. The average molecular weight is 443 g/mol. The molecule has 0 radical (unpaired) electrons. The Morgan fingerprint density at radius 2 is 2.00 bits per heavy atom. The standard InChI is InChI=1S/C17H21N3OS.HI/c1-12-8-9-13(16(10-12)22-3)11-19-17(18)20-14-6-4-5-7-15(14)21-2;/h4-10H,11H2,1-3H3,(H3,18,19,20);1H. The molecule has 0 aliphatic heterocycles. The molecule has 2 rings (SSSR count). The Hall–Kier alpha value is -1.41. The third-order valence-corrected chi connectivity index (χ3v) is 4.05. The smallest absolute Gasteiger partial charge is 0.193 e. The topological polar surface area (TPSA) is 59.6 Å². The van der Waals surface area contributed by atoms with Gasteiger partial charge < -0.3 is 15.8 Å². The van der Waals surface area contributed by atoms with E-state index in [1.165, 1.54) is 16.0 Å². The largest absolute Gasteiger partial charge is 0.495 e. The van der Waals surface area contributed by atoms with E-state index in [9.17, 15) is 0 Å². The van der Waals surface area contributed by atoms with Gasteiger partial charge >= 0.3 is 0 Å². The Bertz CT molecular complexity index is 677. The van der Waals surface area contributed by atoms with Gasteiger partial charge in [0.1, 0.15) is 5.75 Å². The van der Waals surface area contributed by atoms with Gasteiger partial charge in [0.15, 0.2) is 5.96 Å². The maximum atomic E-state index is 5.98. The van der Waals surface area contributed by atoms with Crippen LogP contribution in [-0.2, 0) is 6.54 Å². The third-order valence-electron chi connectivity index (χ3n) is 3.23. The summed E-state index contributed by atoms with van der Waals surface area (Å²) < 4.78 is 5.28.